The van der Waals surface area contributed by atoms with Crippen molar-refractivity contribution in [2.45, 2.75) is 84.7 Å². The molecule has 1 heterocycles. The van der Waals surface area contributed by atoms with Crippen molar-refractivity contribution in [1.82, 2.24) is 15.6 Å². The van der Waals surface area contributed by atoms with Gasteiger partial charge in [-0.25, -0.2) is 9.59 Å². The van der Waals surface area contributed by atoms with Crippen LogP contribution in [0.25, 0.3) is 0 Å². The molecule has 0 fully saturated rings. The van der Waals surface area contributed by atoms with Gasteiger partial charge in [0.2, 0.25) is 5.91 Å². The molecule has 0 spiro atoms. The van der Waals surface area contributed by atoms with Crippen LogP contribution in [0.15, 0.2) is 97.4 Å². The molecule has 0 aliphatic heterocycles. The largest absolute Gasteiger partial charge is 0.448 e. The lowest BCUT2D eigenvalue weighted by atomic mass is 9.86. The smallest absolute Gasteiger partial charge is 0.342 e. The van der Waals surface area contributed by atoms with Gasteiger partial charge in [-0.2, -0.15) is 0 Å². The maximum Gasteiger partial charge on any atom is 0.342 e. The lowest BCUT2D eigenvalue weighted by Gasteiger charge is -2.32. The molecule has 0 radical (unpaired) electrons. The fourth-order valence-corrected chi connectivity index (χ4v) is 4.61. The summed E-state index contributed by atoms with van der Waals surface area (Å²) >= 11 is 0.921. The molecule has 2 amide bonds. The van der Waals surface area contributed by atoms with Crippen LogP contribution in [-0.4, -0.2) is 77.0 Å². The molecule has 0 aliphatic carbocycles. The number of esters is 1. The molecule has 1 atom stereocenters. The van der Waals surface area contributed by atoms with E-state index in [1.165, 1.54) is 30.6 Å². The Bertz CT molecular complexity index is 1360. The van der Waals surface area contributed by atoms with Gasteiger partial charge >= 0.3 is 11.9 Å². The maximum absolute atomic E-state index is 13.0. The normalized spacial score (nSPS) is 13.0. The van der Waals surface area contributed by atoms with E-state index in [-0.39, 0.29) is 37.6 Å². The average Bonchev–Trinajstić information content (AvgIpc) is 3.12. The second kappa shape index (κ2) is 29.3. The third-order valence-electron chi connectivity index (χ3n) is 6.89. The number of ether oxygens (including phenoxy) is 2. The van der Waals surface area contributed by atoms with Crippen LogP contribution in [0, 0.1) is 5.41 Å². The van der Waals surface area contributed by atoms with Crippen molar-refractivity contribution in [3.63, 3.8) is 0 Å². The summed E-state index contributed by atoms with van der Waals surface area (Å²) in [5.41, 5.74) is -1.05. The molecule has 0 aromatic carbocycles. The van der Waals surface area contributed by atoms with Gasteiger partial charge in [-0.1, -0.05) is 87.6 Å². The van der Waals surface area contributed by atoms with Crippen molar-refractivity contribution >= 4 is 35.8 Å². The second-order valence-electron chi connectivity index (χ2n) is 12.0. The van der Waals surface area contributed by atoms with Gasteiger partial charge in [-0.05, 0) is 57.1 Å². The number of hydrogen-bond donors (Lipinski definition) is 4. The van der Waals surface area contributed by atoms with Crippen LogP contribution in [0.4, 0.5) is 0 Å². The first kappa shape index (κ1) is 45.7. The van der Waals surface area contributed by atoms with Crippen molar-refractivity contribution in [3.05, 3.63) is 103 Å². The predicted octanol–water partition coefficient (Wildman–Crippen LogP) is 5.82. The summed E-state index contributed by atoms with van der Waals surface area (Å²) in [4.78, 5) is 53.6. The molecule has 1 rings (SSSR count). The molecular formula is C39H55N3O9S. The van der Waals surface area contributed by atoms with Crippen molar-refractivity contribution in [2.24, 2.45) is 5.41 Å². The topological polar surface area (TPSA) is 173 Å². The van der Waals surface area contributed by atoms with E-state index in [2.05, 4.69) is 83.3 Å². The Kier molecular flexibility index (Phi) is 25.8. The number of rotatable bonds is 27. The van der Waals surface area contributed by atoms with E-state index in [9.17, 15) is 19.2 Å². The number of pyridine rings is 1. The Hall–Kier alpha value is -4.30. The molecule has 1 aromatic rings. The molecule has 1 aromatic heterocycles. The highest BCUT2D eigenvalue weighted by Crippen LogP contribution is 2.26. The van der Waals surface area contributed by atoms with Crippen LogP contribution in [0.1, 0.15) is 82.5 Å². The van der Waals surface area contributed by atoms with E-state index in [4.69, 9.17) is 23.9 Å². The van der Waals surface area contributed by atoms with Crippen molar-refractivity contribution in [2.75, 3.05) is 25.4 Å². The summed E-state index contributed by atoms with van der Waals surface area (Å²) in [6.45, 7) is 3.01. The van der Waals surface area contributed by atoms with E-state index in [0.717, 1.165) is 50.6 Å². The maximum atomic E-state index is 13.0. The molecule has 1 unspecified atom stereocenters. The number of aliphatic hydroxyl groups excluding tert-OH is 1. The average molecular weight is 742 g/mol. The van der Waals surface area contributed by atoms with Gasteiger partial charge < -0.3 is 34.5 Å². The zero-order chi connectivity index (χ0) is 38.3. The Labute approximate surface area is 312 Å². The Morgan fingerprint density at radius 1 is 0.865 bits per heavy atom. The van der Waals surface area contributed by atoms with Crippen LogP contribution in [0.2, 0.25) is 0 Å². The van der Waals surface area contributed by atoms with E-state index in [1.54, 1.807) is 19.9 Å². The summed E-state index contributed by atoms with van der Waals surface area (Å²) in [6.07, 6.45) is 32.3. The first-order valence-corrected chi connectivity index (χ1v) is 18.4. The molecule has 52 heavy (non-hydrogen) atoms. The van der Waals surface area contributed by atoms with Gasteiger partial charge in [0.15, 0.2) is 6.10 Å². The van der Waals surface area contributed by atoms with Crippen LogP contribution < -0.4 is 10.6 Å². The van der Waals surface area contributed by atoms with Gasteiger partial charge in [0.1, 0.15) is 0 Å². The van der Waals surface area contributed by atoms with Gasteiger partial charge in [0.05, 0.1) is 24.2 Å². The molecule has 286 valence electrons. The first-order valence-electron chi connectivity index (χ1n) is 17.4. The van der Waals surface area contributed by atoms with E-state index in [1.807, 2.05) is 0 Å². The lowest BCUT2D eigenvalue weighted by Crippen LogP contribution is -2.49. The molecule has 12 nitrogen and oxygen atoms in total. The number of nitrogens with zero attached hydrogens (tertiary/aromatic N) is 1. The number of aromatic nitrogens is 1. The van der Waals surface area contributed by atoms with Gasteiger partial charge in [0.25, 0.3) is 12.4 Å². The summed E-state index contributed by atoms with van der Waals surface area (Å²) in [7, 11) is 0. The molecular weight excluding hydrogens is 687 g/mol. The Morgan fingerprint density at radius 2 is 1.48 bits per heavy atom. The SMILES string of the molecule is CCC=CCC=CCC=CCC=CCC=CCC/C=C/C(=O)OSCCNC(=O)CCNC(=O)C(OC(=O)c1cccnc1)C(C)(C)COC(O)O. The summed E-state index contributed by atoms with van der Waals surface area (Å²) < 4.78 is 15.4. The number of allylic oxidation sites excluding steroid dienone is 11. The van der Waals surface area contributed by atoms with Gasteiger partial charge in [0, 0.05) is 49.1 Å². The van der Waals surface area contributed by atoms with E-state index in [0.29, 0.717) is 12.2 Å². The lowest BCUT2D eigenvalue weighted by molar-refractivity contribution is -0.249. The van der Waals surface area contributed by atoms with Gasteiger partial charge in [-0.3, -0.25) is 14.6 Å². The predicted molar refractivity (Wildman–Crippen MR) is 203 cm³/mol. The third-order valence-corrected chi connectivity index (χ3v) is 7.54. The van der Waals surface area contributed by atoms with E-state index < -0.39 is 35.8 Å². The zero-order valence-electron chi connectivity index (χ0n) is 30.5. The minimum atomic E-state index is -2.08. The quantitative estimate of drug-likeness (QED) is 0.0214. The summed E-state index contributed by atoms with van der Waals surface area (Å²) in [5, 5.41) is 23.4. The highest BCUT2D eigenvalue weighted by atomic mass is 32.2. The molecule has 13 heteroatoms. The van der Waals surface area contributed by atoms with Crippen molar-refractivity contribution < 1.29 is 43.0 Å². The van der Waals surface area contributed by atoms with Crippen LogP contribution in [0.5, 0.6) is 0 Å². The third kappa shape index (κ3) is 24.0. The summed E-state index contributed by atoms with van der Waals surface area (Å²) in [6, 6.07) is 3.01. The molecule has 0 saturated heterocycles. The monoisotopic (exact) mass is 741 g/mol. The van der Waals surface area contributed by atoms with Crippen LogP contribution in [-0.2, 0) is 28.0 Å². The molecule has 0 bridgehead atoms. The van der Waals surface area contributed by atoms with E-state index >= 15 is 0 Å². The van der Waals surface area contributed by atoms with Crippen LogP contribution in [0.3, 0.4) is 0 Å². The number of nitrogens with one attached hydrogen (secondary N) is 2. The highest BCUT2D eigenvalue weighted by Gasteiger charge is 2.39. The number of amides is 2. The van der Waals surface area contributed by atoms with Gasteiger partial charge in [-0.15, -0.1) is 0 Å². The number of unbranched alkanes of at least 4 members (excludes halogenated alkanes) is 1. The van der Waals surface area contributed by atoms with Crippen molar-refractivity contribution in [3.8, 4) is 0 Å². The standard InChI is InChI=1S/C39H55N3O9S/c1-4-5-6-7-8-9-10-11-12-13-14-15-16-17-18-19-20-21-24-34(44)51-52-29-28-41-33(43)25-27-42-36(45)35(39(2,3)31-49-38(47)48)50-37(46)32-23-22-26-40-30-32/h5-6,8-9,11-12,14-15,17-18,21-24,26,30,35,38,47-48H,4,7,10,13,16,19-20,25,27-29,31H2,1-3H3,(H,41,43)(H,42,45)/b6-5?,9-8?,12-11?,15-14?,18-17?,24-21+. The van der Waals surface area contributed by atoms with Crippen LogP contribution >= 0.6 is 12.0 Å². The number of hydrogen-bond acceptors (Lipinski definition) is 11. The highest BCUT2D eigenvalue weighted by molar-refractivity contribution is 7.95. The minimum absolute atomic E-state index is 0.0578. The minimum Gasteiger partial charge on any atom is -0.448 e. The number of carbonyl (C=O) groups is 4. The Morgan fingerprint density at radius 3 is 2.08 bits per heavy atom. The fourth-order valence-electron chi connectivity index (χ4n) is 4.17. The number of aliphatic hydroxyl groups is 2. The summed E-state index contributed by atoms with van der Waals surface area (Å²) in [5.74, 6) is -2.01. The molecule has 0 saturated carbocycles. The Balaban J connectivity index is 2.23. The first-order chi connectivity index (χ1) is 25.1. The second-order valence-corrected chi connectivity index (χ2v) is 12.8. The molecule has 4 N–H and O–H groups in total. The zero-order valence-corrected chi connectivity index (χ0v) is 31.3. The number of carbonyl (C=O) groups excluding carboxylic acids is 4. The fraction of sp³-hybridized carbons (Fsp3) is 0.462. The van der Waals surface area contributed by atoms with Crippen molar-refractivity contribution in [1.29, 1.82) is 0 Å². The molecule has 0 aliphatic rings.